The van der Waals surface area contributed by atoms with Gasteiger partial charge in [-0.25, -0.2) is 27.0 Å². The second-order valence-electron chi connectivity index (χ2n) is 14.6. The summed E-state index contributed by atoms with van der Waals surface area (Å²) in [4.78, 5) is 60.4. The molecular weight excluding hydrogens is 692 g/mol. The zero-order chi connectivity index (χ0) is 36.9. The molecule has 6 atom stereocenters. The van der Waals surface area contributed by atoms with E-state index < -0.39 is 93.1 Å². The van der Waals surface area contributed by atoms with Crippen molar-refractivity contribution in [3.63, 3.8) is 0 Å². The van der Waals surface area contributed by atoms with Gasteiger partial charge in [-0.2, -0.15) is 0 Å². The van der Waals surface area contributed by atoms with Gasteiger partial charge in [-0.1, -0.05) is 32.9 Å². The Bertz CT molecular complexity index is 1820. The molecule has 2 aliphatic carbocycles. The number of cyclic esters (lactones) is 1. The van der Waals surface area contributed by atoms with Crippen LogP contribution in [0, 0.1) is 11.3 Å². The molecule has 2 aromatic rings. The fourth-order valence-corrected chi connectivity index (χ4v) is 7.79. The van der Waals surface area contributed by atoms with Gasteiger partial charge in [0.15, 0.2) is 0 Å². The molecule has 17 heteroatoms. The Morgan fingerprint density at radius 1 is 1.12 bits per heavy atom. The fraction of sp³-hybridized carbons (Fsp3) is 0.559. The molecule has 276 valence electrons. The van der Waals surface area contributed by atoms with Gasteiger partial charge >= 0.3 is 6.09 Å². The Kier molecular flexibility index (Phi) is 9.63. The number of amides is 4. The average molecular weight is 734 g/mol. The molecule has 2 unspecified atom stereocenters. The third-order valence-electron chi connectivity index (χ3n) is 9.48. The quantitative estimate of drug-likeness (QED) is 0.399. The molecule has 0 radical (unpaired) electrons. The van der Waals surface area contributed by atoms with Crippen molar-refractivity contribution >= 4 is 33.8 Å². The maximum atomic E-state index is 14.4. The van der Waals surface area contributed by atoms with Crippen molar-refractivity contribution in [1.29, 1.82) is 0 Å². The van der Waals surface area contributed by atoms with E-state index in [0.717, 1.165) is 0 Å². The van der Waals surface area contributed by atoms with Crippen molar-refractivity contribution in [3.05, 3.63) is 42.6 Å². The highest BCUT2D eigenvalue weighted by Gasteiger charge is 2.66. The number of pyridine rings is 1. The molecular formula is C34H41F2N5O9S. The van der Waals surface area contributed by atoms with Crippen LogP contribution in [0.25, 0.3) is 11.1 Å². The Balaban J connectivity index is 1.35. The van der Waals surface area contributed by atoms with E-state index in [1.165, 1.54) is 11.1 Å². The number of ether oxygens (including phenoxy) is 3. The van der Waals surface area contributed by atoms with E-state index in [4.69, 9.17) is 14.2 Å². The summed E-state index contributed by atoms with van der Waals surface area (Å²) in [5.41, 5.74) is -1.86. The Morgan fingerprint density at radius 2 is 1.86 bits per heavy atom. The summed E-state index contributed by atoms with van der Waals surface area (Å²) in [7, 11) is -4.12. The molecule has 3 N–H and O–H groups in total. The molecule has 3 fully saturated rings. The molecule has 6 rings (SSSR count). The van der Waals surface area contributed by atoms with Crippen molar-refractivity contribution in [2.45, 2.75) is 94.9 Å². The second kappa shape index (κ2) is 13.5. The van der Waals surface area contributed by atoms with Crippen LogP contribution in [0.15, 0.2) is 42.6 Å². The highest BCUT2D eigenvalue weighted by atomic mass is 32.2. The van der Waals surface area contributed by atoms with E-state index in [-0.39, 0.29) is 25.5 Å². The number of nitrogens with zero attached hydrogens (tertiary/aromatic N) is 2. The Hall–Kier alpha value is -4.54. The molecule has 4 amide bonds. The summed E-state index contributed by atoms with van der Waals surface area (Å²) in [6.45, 7) is 6.55. The van der Waals surface area contributed by atoms with Crippen LogP contribution in [0.4, 0.5) is 13.6 Å². The monoisotopic (exact) mass is 733 g/mol. The van der Waals surface area contributed by atoms with Crippen molar-refractivity contribution in [2.75, 3.05) is 13.2 Å². The summed E-state index contributed by atoms with van der Waals surface area (Å²) >= 11 is 0. The van der Waals surface area contributed by atoms with Gasteiger partial charge in [-0.05, 0) is 61.4 Å². The van der Waals surface area contributed by atoms with Crippen LogP contribution in [0.5, 0.6) is 11.6 Å². The number of halogens is 2. The van der Waals surface area contributed by atoms with Crippen LogP contribution in [0.2, 0.25) is 0 Å². The summed E-state index contributed by atoms with van der Waals surface area (Å²) in [5, 5.41) is 4.21. The van der Waals surface area contributed by atoms with Crippen molar-refractivity contribution in [1.82, 2.24) is 25.2 Å². The first-order valence-electron chi connectivity index (χ1n) is 16.8. The standard InChI is InChI=1S/C34H41F2N5O9S/c1-18-17-48-20-8-5-7-19(13-20)23-9-6-12-37-29(23)50-21-14-25(41(16-21)30(43)26(33(2,3)4)38-32(45)49-18)28(42)39-34(15-24(34)27(35)36)31(44)40-51(46,47)22-10-11-22/h5-9,12-13,18,21-22,24-27H,10-11,14-17H2,1-4H3,(H,38,45)(H,39,42)(H,40,44)/t18-,21?,24-,25-,26+,34?/m0/s1. The maximum Gasteiger partial charge on any atom is 0.408 e. The smallest absolute Gasteiger partial charge is 0.408 e. The van der Waals surface area contributed by atoms with Crippen molar-refractivity contribution < 1.29 is 50.6 Å². The largest absolute Gasteiger partial charge is 0.490 e. The van der Waals surface area contributed by atoms with Crippen LogP contribution in [0.1, 0.15) is 53.4 Å². The van der Waals surface area contributed by atoms with Gasteiger partial charge in [0, 0.05) is 18.2 Å². The summed E-state index contributed by atoms with van der Waals surface area (Å²) in [6, 6.07) is 7.96. The van der Waals surface area contributed by atoms with Crippen molar-refractivity contribution in [3.8, 4) is 22.8 Å². The van der Waals surface area contributed by atoms with Crippen LogP contribution in [0.3, 0.4) is 0 Å². The number of hydrogen-bond donors (Lipinski definition) is 3. The van der Waals surface area contributed by atoms with Gasteiger partial charge in [0.25, 0.3) is 5.91 Å². The lowest BCUT2D eigenvalue weighted by Crippen LogP contribution is -2.60. The second-order valence-corrected chi connectivity index (χ2v) is 16.6. The van der Waals surface area contributed by atoms with Crippen LogP contribution < -0.4 is 24.8 Å². The molecule has 2 aliphatic heterocycles. The molecule has 4 aliphatic rings. The third-order valence-corrected chi connectivity index (χ3v) is 11.3. The highest BCUT2D eigenvalue weighted by Crippen LogP contribution is 2.48. The minimum absolute atomic E-state index is 0.00522. The third kappa shape index (κ3) is 7.72. The molecule has 2 saturated carbocycles. The predicted octanol–water partition coefficient (Wildman–Crippen LogP) is 2.77. The van der Waals surface area contributed by atoms with Crippen molar-refractivity contribution in [2.24, 2.45) is 11.3 Å². The first-order valence-corrected chi connectivity index (χ1v) is 18.3. The zero-order valence-electron chi connectivity index (χ0n) is 28.6. The van der Waals surface area contributed by atoms with Crippen LogP contribution in [-0.2, 0) is 29.1 Å². The average Bonchev–Trinajstić information content (AvgIpc) is 3.99. The molecule has 1 aromatic carbocycles. The minimum atomic E-state index is -4.12. The molecule has 4 bridgehead atoms. The molecule has 0 spiro atoms. The molecule has 51 heavy (non-hydrogen) atoms. The number of alkyl carbamates (subject to hydrolysis) is 1. The lowest BCUT2D eigenvalue weighted by atomic mass is 9.85. The summed E-state index contributed by atoms with van der Waals surface area (Å²) < 4.78 is 72.8. The number of nitrogens with one attached hydrogen (secondary N) is 3. The highest BCUT2D eigenvalue weighted by molar-refractivity contribution is 7.91. The Morgan fingerprint density at radius 3 is 2.53 bits per heavy atom. The predicted molar refractivity (Wildman–Crippen MR) is 177 cm³/mol. The van der Waals surface area contributed by atoms with Gasteiger partial charge in [-0.3, -0.25) is 19.1 Å². The number of rotatable bonds is 6. The topological polar surface area (TPSA) is 182 Å². The molecule has 14 nitrogen and oxygen atoms in total. The molecule has 1 aromatic heterocycles. The molecule has 1 saturated heterocycles. The lowest BCUT2D eigenvalue weighted by Gasteiger charge is -2.35. The maximum absolute atomic E-state index is 14.4. The van der Waals surface area contributed by atoms with E-state index in [0.29, 0.717) is 29.7 Å². The number of carbonyl (C=O) groups excluding carboxylic acids is 4. The number of sulfonamides is 1. The van der Waals surface area contributed by atoms with Gasteiger partial charge in [0.2, 0.25) is 34.1 Å². The first kappa shape index (κ1) is 36.3. The van der Waals surface area contributed by atoms with Gasteiger partial charge in [0.05, 0.1) is 17.7 Å². The SMILES string of the molecule is C[C@H]1COc2cccc(c2)-c2cccnc2OC2C[C@@H](C(=O)NC3(C(=O)NS(=O)(=O)C4CC4)C[C@H]3C(F)F)N(C2)C(=O)[C@H](C(C)(C)C)NC(=O)O1. The Labute approximate surface area is 294 Å². The summed E-state index contributed by atoms with van der Waals surface area (Å²) in [5.74, 6) is -3.88. The number of aromatic nitrogens is 1. The first-order chi connectivity index (χ1) is 24.0. The number of carbonyl (C=O) groups is 4. The van der Waals surface area contributed by atoms with Gasteiger partial charge < -0.3 is 29.7 Å². The van der Waals surface area contributed by atoms with Gasteiger partial charge in [0.1, 0.15) is 42.2 Å². The zero-order valence-corrected chi connectivity index (χ0v) is 29.4. The molecule has 3 heterocycles. The van der Waals surface area contributed by atoms with E-state index in [1.54, 1.807) is 58.0 Å². The normalized spacial score (nSPS) is 28.3. The van der Waals surface area contributed by atoms with Crippen LogP contribution in [-0.4, -0.2) is 96.8 Å². The number of benzene rings is 1. The number of fused-ring (bicyclic) bond motifs is 6. The van der Waals surface area contributed by atoms with E-state index in [9.17, 15) is 36.4 Å². The van der Waals surface area contributed by atoms with Crippen LogP contribution >= 0.6 is 0 Å². The fourth-order valence-electron chi connectivity index (χ4n) is 6.43. The van der Waals surface area contributed by atoms with E-state index in [2.05, 4.69) is 15.6 Å². The minimum Gasteiger partial charge on any atom is -0.490 e. The number of hydrogen-bond acceptors (Lipinski definition) is 10. The number of alkyl halides is 2. The van der Waals surface area contributed by atoms with Gasteiger partial charge in [-0.15, -0.1) is 0 Å². The lowest BCUT2D eigenvalue weighted by molar-refractivity contribution is -0.143. The van der Waals surface area contributed by atoms with E-state index in [1.807, 2.05) is 10.8 Å². The van der Waals surface area contributed by atoms with E-state index >= 15 is 0 Å². The summed E-state index contributed by atoms with van der Waals surface area (Å²) in [6.07, 6.45) is -4.02.